The molecule has 0 atom stereocenters. The van der Waals surface area contributed by atoms with Gasteiger partial charge in [0.2, 0.25) is 0 Å². The summed E-state index contributed by atoms with van der Waals surface area (Å²) in [6.45, 7) is 0.770. The first-order valence-corrected chi connectivity index (χ1v) is 6.87. The van der Waals surface area contributed by atoms with Gasteiger partial charge in [-0.3, -0.25) is 0 Å². The first kappa shape index (κ1) is 11.2. The van der Waals surface area contributed by atoms with E-state index in [-0.39, 0.29) is 0 Å². The number of hydrogen-bond acceptors (Lipinski definition) is 4. The van der Waals surface area contributed by atoms with Crippen LogP contribution in [-0.2, 0) is 19.4 Å². The van der Waals surface area contributed by atoms with Crippen LogP contribution in [0.3, 0.4) is 0 Å². The summed E-state index contributed by atoms with van der Waals surface area (Å²) in [6.07, 6.45) is 5.32. The van der Waals surface area contributed by atoms with Crippen molar-refractivity contribution in [2.45, 2.75) is 25.8 Å². The van der Waals surface area contributed by atoms with Crippen LogP contribution in [0.2, 0.25) is 0 Å². The summed E-state index contributed by atoms with van der Waals surface area (Å²) in [5.41, 5.74) is 4.27. The van der Waals surface area contributed by atoms with Crippen LogP contribution in [-0.4, -0.2) is 4.98 Å². The van der Waals surface area contributed by atoms with Crippen molar-refractivity contribution in [3.8, 4) is 6.07 Å². The Hall–Kier alpha value is -1.86. The number of hydrogen-bond donors (Lipinski definition) is 1. The molecule has 0 saturated carbocycles. The topological polar surface area (TPSA) is 48.7 Å². The molecule has 1 aromatic heterocycles. The third-order valence-corrected chi connectivity index (χ3v) is 4.08. The van der Waals surface area contributed by atoms with Crippen LogP contribution >= 0.6 is 11.3 Å². The van der Waals surface area contributed by atoms with Crippen LogP contribution in [0, 0.1) is 11.3 Å². The normalized spacial score (nSPS) is 13.1. The van der Waals surface area contributed by atoms with E-state index in [1.807, 2.05) is 0 Å². The molecule has 0 spiro atoms. The average molecular weight is 255 g/mol. The van der Waals surface area contributed by atoms with E-state index in [0.717, 1.165) is 11.7 Å². The molecule has 1 heterocycles. The quantitative estimate of drug-likeness (QED) is 0.916. The Morgan fingerprint density at radius 1 is 1.33 bits per heavy atom. The van der Waals surface area contributed by atoms with E-state index in [9.17, 15) is 0 Å². The lowest BCUT2D eigenvalue weighted by Crippen LogP contribution is -1.99. The number of nitrogens with zero attached hydrogens (tertiary/aromatic N) is 2. The number of nitriles is 1. The standard InChI is InChI=1S/C14H13N3S/c15-7-13-9-17-14(18-13)16-8-10-4-5-11-2-1-3-12(11)6-10/h4-6,9H,1-3,8H2,(H,16,17). The van der Waals surface area contributed by atoms with Crippen LogP contribution in [0.1, 0.15) is 28.0 Å². The van der Waals surface area contributed by atoms with Crippen LogP contribution in [0.25, 0.3) is 0 Å². The van der Waals surface area contributed by atoms with Gasteiger partial charge in [0.1, 0.15) is 10.9 Å². The van der Waals surface area contributed by atoms with Crippen molar-refractivity contribution in [1.29, 1.82) is 5.26 Å². The van der Waals surface area contributed by atoms with Crippen molar-refractivity contribution in [2.75, 3.05) is 5.32 Å². The lowest BCUT2D eigenvalue weighted by Gasteiger charge is -2.05. The lowest BCUT2D eigenvalue weighted by atomic mass is 10.1. The third kappa shape index (κ3) is 2.22. The molecule has 2 aromatic rings. The summed E-state index contributed by atoms with van der Waals surface area (Å²) in [7, 11) is 0. The number of aryl methyl sites for hydroxylation is 2. The van der Waals surface area contributed by atoms with Gasteiger partial charge in [0.25, 0.3) is 0 Å². The molecule has 3 nitrogen and oxygen atoms in total. The zero-order chi connectivity index (χ0) is 12.4. The van der Waals surface area contributed by atoms with E-state index < -0.39 is 0 Å². The minimum absolute atomic E-state index is 0.645. The summed E-state index contributed by atoms with van der Waals surface area (Å²) in [4.78, 5) is 4.80. The predicted molar refractivity (Wildman–Crippen MR) is 72.6 cm³/mol. The van der Waals surface area contributed by atoms with E-state index in [2.05, 4.69) is 34.6 Å². The summed E-state index contributed by atoms with van der Waals surface area (Å²) < 4.78 is 0. The summed E-state index contributed by atoms with van der Waals surface area (Å²) in [5, 5.41) is 12.8. The van der Waals surface area contributed by atoms with Crippen molar-refractivity contribution in [2.24, 2.45) is 0 Å². The van der Waals surface area contributed by atoms with Gasteiger partial charge >= 0.3 is 0 Å². The summed E-state index contributed by atoms with van der Waals surface area (Å²) in [6, 6.07) is 8.80. The Kier molecular flexibility index (Phi) is 2.99. The van der Waals surface area contributed by atoms with E-state index in [1.165, 1.54) is 47.3 Å². The predicted octanol–water partition coefficient (Wildman–Crippen LogP) is 3.12. The van der Waals surface area contributed by atoms with Crippen LogP contribution < -0.4 is 5.32 Å². The molecule has 90 valence electrons. The molecule has 0 aliphatic heterocycles. The number of nitrogens with one attached hydrogen (secondary N) is 1. The highest BCUT2D eigenvalue weighted by Crippen LogP contribution is 2.23. The fourth-order valence-electron chi connectivity index (χ4n) is 2.32. The first-order chi connectivity index (χ1) is 8.85. The Bertz CT molecular complexity index is 610. The number of rotatable bonds is 3. The molecule has 0 saturated heterocycles. The molecule has 4 heteroatoms. The first-order valence-electron chi connectivity index (χ1n) is 6.05. The van der Waals surface area contributed by atoms with Crippen molar-refractivity contribution in [3.63, 3.8) is 0 Å². The number of aromatic nitrogens is 1. The highest BCUT2D eigenvalue weighted by molar-refractivity contribution is 7.16. The molecule has 0 bridgehead atoms. The minimum atomic E-state index is 0.645. The molecule has 1 aliphatic rings. The number of fused-ring (bicyclic) bond motifs is 1. The molecule has 1 aliphatic carbocycles. The zero-order valence-corrected chi connectivity index (χ0v) is 10.8. The smallest absolute Gasteiger partial charge is 0.184 e. The fraction of sp³-hybridized carbons (Fsp3) is 0.286. The van der Waals surface area contributed by atoms with Gasteiger partial charge in [-0.05, 0) is 36.0 Å². The van der Waals surface area contributed by atoms with Gasteiger partial charge in [0, 0.05) is 6.54 Å². The van der Waals surface area contributed by atoms with Crippen LogP contribution in [0.5, 0.6) is 0 Å². The highest BCUT2D eigenvalue weighted by atomic mass is 32.1. The molecular formula is C14H13N3S. The van der Waals surface area contributed by atoms with Gasteiger partial charge in [-0.2, -0.15) is 5.26 Å². The maximum Gasteiger partial charge on any atom is 0.184 e. The largest absolute Gasteiger partial charge is 0.357 e. The second-order valence-corrected chi connectivity index (χ2v) is 5.48. The highest BCUT2D eigenvalue weighted by Gasteiger charge is 2.10. The molecular weight excluding hydrogens is 242 g/mol. The van der Waals surface area contributed by atoms with Gasteiger partial charge in [-0.1, -0.05) is 29.5 Å². The van der Waals surface area contributed by atoms with Crippen molar-refractivity contribution in [1.82, 2.24) is 4.98 Å². The van der Waals surface area contributed by atoms with E-state index >= 15 is 0 Å². The molecule has 0 unspecified atom stereocenters. The van der Waals surface area contributed by atoms with E-state index in [0.29, 0.717) is 4.88 Å². The van der Waals surface area contributed by atoms with E-state index in [4.69, 9.17) is 5.26 Å². The van der Waals surface area contributed by atoms with Gasteiger partial charge in [0.05, 0.1) is 6.20 Å². The van der Waals surface area contributed by atoms with Crippen molar-refractivity contribution >= 4 is 16.5 Å². The fourth-order valence-corrected chi connectivity index (χ4v) is 2.93. The zero-order valence-electron chi connectivity index (χ0n) is 9.94. The second kappa shape index (κ2) is 4.79. The maximum absolute atomic E-state index is 8.73. The van der Waals surface area contributed by atoms with Crippen LogP contribution in [0.15, 0.2) is 24.4 Å². The molecule has 18 heavy (non-hydrogen) atoms. The second-order valence-electron chi connectivity index (χ2n) is 4.45. The summed E-state index contributed by atoms with van der Waals surface area (Å²) in [5.74, 6) is 0. The van der Waals surface area contributed by atoms with Gasteiger partial charge in [-0.15, -0.1) is 0 Å². The summed E-state index contributed by atoms with van der Waals surface area (Å²) >= 11 is 1.39. The minimum Gasteiger partial charge on any atom is -0.357 e. The third-order valence-electron chi connectivity index (χ3n) is 3.22. The molecule has 0 amide bonds. The van der Waals surface area contributed by atoms with Crippen molar-refractivity contribution in [3.05, 3.63) is 46.0 Å². The Morgan fingerprint density at radius 3 is 3.06 bits per heavy atom. The van der Waals surface area contributed by atoms with Crippen molar-refractivity contribution < 1.29 is 0 Å². The van der Waals surface area contributed by atoms with Gasteiger partial charge < -0.3 is 5.32 Å². The Labute approximate surface area is 110 Å². The Balaban J connectivity index is 1.68. The molecule has 1 N–H and O–H groups in total. The number of anilines is 1. The number of benzene rings is 1. The average Bonchev–Trinajstić information content (AvgIpc) is 3.04. The maximum atomic E-state index is 8.73. The molecule has 0 radical (unpaired) electrons. The SMILES string of the molecule is N#Cc1cnc(NCc2ccc3c(c2)CCC3)s1. The molecule has 1 aromatic carbocycles. The lowest BCUT2D eigenvalue weighted by molar-refractivity contribution is 0.911. The van der Waals surface area contributed by atoms with E-state index in [1.54, 1.807) is 6.20 Å². The molecule has 3 rings (SSSR count). The monoisotopic (exact) mass is 255 g/mol. The van der Waals surface area contributed by atoms with Gasteiger partial charge in [0.15, 0.2) is 5.13 Å². The van der Waals surface area contributed by atoms with Gasteiger partial charge in [-0.25, -0.2) is 4.98 Å². The Morgan fingerprint density at radius 2 is 2.22 bits per heavy atom. The molecule has 0 fully saturated rings. The van der Waals surface area contributed by atoms with Crippen LogP contribution in [0.4, 0.5) is 5.13 Å². The number of thiazole rings is 1.